The number of nitrogens with zero attached hydrogens (tertiary/aromatic N) is 3. The van der Waals surface area contributed by atoms with Crippen molar-refractivity contribution in [3.05, 3.63) is 17.0 Å². The Morgan fingerprint density at radius 2 is 1.75 bits per heavy atom. The Balaban J connectivity index is 2.16. The van der Waals surface area contributed by atoms with E-state index < -0.39 is 0 Å². The van der Waals surface area contributed by atoms with Gasteiger partial charge in [-0.05, 0) is 31.4 Å². The lowest BCUT2D eigenvalue weighted by molar-refractivity contribution is 0.553. The molecule has 88 valence electrons. The monoisotopic (exact) mass is 239 g/mol. The van der Waals surface area contributed by atoms with Crippen molar-refractivity contribution in [1.29, 1.82) is 0 Å². The molecule has 1 saturated heterocycles. The molecule has 0 bridgehead atoms. The topological polar surface area (TPSA) is 29.0 Å². The number of halogens is 1. The quantitative estimate of drug-likeness (QED) is 0.705. The van der Waals surface area contributed by atoms with Gasteiger partial charge in [0.25, 0.3) is 0 Å². The molecule has 0 radical (unpaired) electrons. The third-order valence-corrected chi connectivity index (χ3v) is 3.25. The largest absolute Gasteiger partial charge is 0.356 e. The van der Waals surface area contributed by atoms with E-state index in [0.717, 1.165) is 24.5 Å². The van der Waals surface area contributed by atoms with Crippen molar-refractivity contribution >= 4 is 17.4 Å². The Morgan fingerprint density at radius 1 is 1.12 bits per heavy atom. The predicted molar refractivity (Wildman–Crippen MR) is 67.1 cm³/mol. The lowest BCUT2D eigenvalue weighted by atomic mass is 10.1. The Kier molecular flexibility index (Phi) is 3.99. The fourth-order valence-electron chi connectivity index (χ4n) is 2.19. The van der Waals surface area contributed by atoms with Crippen molar-refractivity contribution in [2.45, 2.75) is 39.0 Å². The average molecular weight is 240 g/mol. The van der Waals surface area contributed by atoms with Gasteiger partial charge in [0.15, 0.2) is 0 Å². The molecule has 0 N–H and O–H groups in total. The number of rotatable bonds is 1. The van der Waals surface area contributed by atoms with Crippen LogP contribution < -0.4 is 4.90 Å². The SMILES string of the molecule is Cc1cnc(Cl)nc1N1CCCCCCC1. The number of anilines is 1. The first-order chi connectivity index (χ1) is 7.77. The van der Waals surface area contributed by atoms with E-state index in [9.17, 15) is 0 Å². The van der Waals surface area contributed by atoms with E-state index in [1.807, 2.05) is 13.1 Å². The lowest BCUT2D eigenvalue weighted by Gasteiger charge is -2.26. The van der Waals surface area contributed by atoms with Crippen molar-refractivity contribution in [1.82, 2.24) is 9.97 Å². The van der Waals surface area contributed by atoms with Crippen LogP contribution in [-0.4, -0.2) is 23.1 Å². The summed E-state index contributed by atoms with van der Waals surface area (Å²) < 4.78 is 0. The molecule has 1 aliphatic rings. The second-order valence-electron chi connectivity index (χ2n) is 4.40. The molecule has 0 amide bonds. The summed E-state index contributed by atoms with van der Waals surface area (Å²) in [5, 5.41) is 0.350. The molecule has 0 aliphatic carbocycles. The summed E-state index contributed by atoms with van der Waals surface area (Å²) in [7, 11) is 0. The Hall–Kier alpha value is -0.830. The van der Waals surface area contributed by atoms with Crippen LogP contribution in [0.4, 0.5) is 5.82 Å². The fourth-order valence-corrected chi connectivity index (χ4v) is 2.32. The van der Waals surface area contributed by atoms with Crippen LogP contribution in [0, 0.1) is 6.92 Å². The van der Waals surface area contributed by atoms with Crippen LogP contribution in [0.15, 0.2) is 6.20 Å². The summed E-state index contributed by atoms with van der Waals surface area (Å²) in [6, 6.07) is 0. The van der Waals surface area contributed by atoms with Gasteiger partial charge in [0.2, 0.25) is 5.28 Å². The molecular weight excluding hydrogens is 222 g/mol. The summed E-state index contributed by atoms with van der Waals surface area (Å²) in [4.78, 5) is 10.7. The highest BCUT2D eigenvalue weighted by Gasteiger charge is 2.13. The standard InChI is InChI=1S/C12H18ClN3/c1-10-9-14-12(13)15-11(10)16-7-5-3-2-4-6-8-16/h9H,2-8H2,1H3. The van der Waals surface area contributed by atoms with Gasteiger partial charge in [-0.1, -0.05) is 19.3 Å². The van der Waals surface area contributed by atoms with Crippen molar-refractivity contribution in [2.24, 2.45) is 0 Å². The highest BCUT2D eigenvalue weighted by atomic mass is 35.5. The van der Waals surface area contributed by atoms with E-state index >= 15 is 0 Å². The normalized spacial score (nSPS) is 18.0. The van der Waals surface area contributed by atoms with Gasteiger partial charge in [-0.3, -0.25) is 0 Å². The van der Waals surface area contributed by atoms with Crippen LogP contribution >= 0.6 is 11.6 Å². The van der Waals surface area contributed by atoms with Crippen molar-refractivity contribution in [2.75, 3.05) is 18.0 Å². The van der Waals surface area contributed by atoms with Gasteiger partial charge < -0.3 is 4.90 Å². The van der Waals surface area contributed by atoms with Crippen LogP contribution in [0.3, 0.4) is 0 Å². The van der Waals surface area contributed by atoms with E-state index in [1.54, 1.807) is 0 Å². The maximum atomic E-state index is 5.86. The Bertz CT molecular complexity index is 346. The second kappa shape index (κ2) is 5.48. The van der Waals surface area contributed by atoms with E-state index in [2.05, 4.69) is 14.9 Å². The molecule has 1 fully saturated rings. The molecule has 16 heavy (non-hydrogen) atoms. The highest BCUT2D eigenvalue weighted by Crippen LogP contribution is 2.21. The molecule has 4 heteroatoms. The molecular formula is C12H18ClN3. The fraction of sp³-hybridized carbons (Fsp3) is 0.667. The number of hydrogen-bond donors (Lipinski definition) is 0. The maximum absolute atomic E-state index is 5.86. The molecule has 1 aliphatic heterocycles. The van der Waals surface area contributed by atoms with Crippen LogP contribution in [0.2, 0.25) is 5.28 Å². The molecule has 1 aromatic rings. The molecule has 0 aromatic carbocycles. The van der Waals surface area contributed by atoms with Crippen molar-refractivity contribution in [3.63, 3.8) is 0 Å². The zero-order valence-electron chi connectivity index (χ0n) is 9.75. The zero-order chi connectivity index (χ0) is 11.4. The molecule has 0 spiro atoms. The van der Waals surface area contributed by atoms with Gasteiger partial charge in [-0.25, -0.2) is 9.97 Å². The number of aromatic nitrogens is 2. The van der Waals surface area contributed by atoms with E-state index in [4.69, 9.17) is 11.6 Å². The number of aryl methyl sites for hydroxylation is 1. The highest BCUT2D eigenvalue weighted by molar-refractivity contribution is 6.28. The van der Waals surface area contributed by atoms with Gasteiger partial charge in [-0.15, -0.1) is 0 Å². The summed E-state index contributed by atoms with van der Waals surface area (Å²) >= 11 is 5.86. The van der Waals surface area contributed by atoms with Crippen LogP contribution in [0.5, 0.6) is 0 Å². The Labute approximate surface area is 102 Å². The summed E-state index contributed by atoms with van der Waals surface area (Å²) in [6.45, 7) is 4.23. The van der Waals surface area contributed by atoms with Crippen molar-refractivity contribution in [3.8, 4) is 0 Å². The lowest BCUT2D eigenvalue weighted by Crippen LogP contribution is -2.28. The molecule has 0 saturated carbocycles. The molecule has 0 unspecified atom stereocenters. The summed E-state index contributed by atoms with van der Waals surface area (Å²) in [5.74, 6) is 1.02. The molecule has 3 nitrogen and oxygen atoms in total. The summed E-state index contributed by atoms with van der Waals surface area (Å²) in [6.07, 6.45) is 8.34. The molecule has 1 aromatic heterocycles. The maximum Gasteiger partial charge on any atom is 0.224 e. The smallest absolute Gasteiger partial charge is 0.224 e. The van der Waals surface area contributed by atoms with Crippen LogP contribution in [0.1, 0.15) is 37.7 Å². The van der Waals surface area contributed by atoms with Gasteiger partial charge >= 0.3 is 0 Å². The third-order valence-electron chi connectivity index (χ3n) is 3.07. The van der Waals surface area contributed by atoms with Crippen molar-refractivity contribution < 1.29 is 0 Å². The minimum absolute atomic E-state index is 0.350. The third kappa shape index (κ3) is 2.85. The predicted octanol–water partition coefficient (Wildman–Crippen LogP) is 3.21. The molecule has 2 heterocycles. The molecule has 2 rings (SSSR count). The second-order valence-corrected chi connectivity index (χ2v) is 4.74. The first-order valence-corrected chi connectivity index (χ1v) is 6.39. The van der Waals surface area contributed by atoms with Gasteiger partial charge in [0.1, 0.15) is 5.82 Å². The van der Waals surface area contributed by atoms with Gasteiger partial charge in [0.05, 0.1) is 0 Å². The molecule has 0 atom stereocenters. The van der Waals surface area contributed by atoms with Crippen LogP contribution in [0.25, 0.3) is 0 Å². The van der Waals surface area contributed by atoms with Crippen LogP contribution in [-0.2, 0) is 0 Å². The number of hydrogen-bond acceptors (Lipinski definition) is 3. The zero-order valence-corrected chi connectivity index (χ0v) is 10.5. The van der Waals surface area contributed by atoms with E-state index in [0.29, 0.717) is 5.28 Å². The summed E-state index contributed by atoms with van der Waals surface area (Å²) in [5.41, 5.74) is 1.12. The minimum atomic E-state index is 0.350. The van der Waals surface area contributed by atoms with E-state index in [1.165, 1.54) is 32.1 Å². The minimum Gasteiger partial charge on any atom is -0.356 e. The Morgan fingerprint density at radius 3 is 2.44 bits per heavy atom. The first-order valence-electron chi connectivity index (χ1n) is 6.01. The van der Waals surface area contributed by atoms with E-state index in [-0.39, 0.29) is 0 Å². The average Bonchev–Trinajstić information content (AvgIpc) is 2.22. The first kappa shape index (κ1) is 11.6. The van der Waals surface area contributed by atoms with Gasteiger partial charge in [-0.2, -0.15) is 0 Å². The van der Waals surface area contributed by atoms with Gasteiger partial charge in [0, 0.05) is 24.8 Å².